The normalized spacial score (nSPS) is 31.3. The average Bonchev–Trinajstić information content (AvgIpc) is 3.19. The molecule has 132 valence electrons. The summed E-state index contributed by atoms with van der Waals surface area (Å²) in [6.07, 6.45) is 9.13. The Morgan fingerprint density at radius 2 is 1.96 bits per heavy atom. The Morgan fingerprint density at radius 1 is 1.17 bits per heavy atom. The molecule has 0 aromatic rings. The Balaban J connectivity index is 1.59. The lowest BCUT2D eigenvalue weighted by Crippen LogP contribution is -2.55. The van der Waals surface area contributed by atoms with Crippen LogP contribution in [0.25, 0.3) is 0 Å². The first-order valence-electron chi connectivity index (χ1n) is 9.30. The molecule has 0 aromatic carbocycles. The molecule has 23 heavy (non-hydrogen) atoms. The van der Waals surface area contributed by atoms with Crippen LogP contribution in [-0.2, 0) is 4.74 Å². The summed E-state index contributed by atoms with van der Waals surface area (Å²) in [5, 5.41) is 3.70. The van der Waals surface area contributed by atoms with E-state index in [4.69, 9.17) is 4.74 Å². The molecule has 3 rings (SSSR count). The molecule has 2 heterocycles. The first-order valence-corrected chi connectivity index (χ1v) is 9.30. The van der Waals surface area contributed by atoms with Gasteiger partial charge in [-0.1, -0.05) is 19.3 Å². The summed E-state index contributed by atoms with van der Waals surface area (Å²) in [5.74, 6) is 1.08. The maximum atomic E-state index is 5.65. The first-order chi connectivity index (χ1) is 11.1. The molecule has 0 radical (unpaired) electrons. The number of hydrogen-bond donors (Lipinski definition) is 1. The van der Waals surface area contributed by atoms with E-state index in [0.29, 0.717) is 11.0 Å². The largest absolute Gasteiger partial charge is 0.381 e. The molecule has 3 aliphatic rings. The van der Waals surface area contributed by atoms with Crippen molar-refractivity contribution in [1.29, 1.82) is 0 Å². The SMILES string of the molecule is CN=C(NCC1(N(C)C)CCCCC1)N1CCC2(CCOC2)C1. The molecule has 0 bridgehead atoms. The van der Waals surface area contributed by atoms with E-state index in [1.54, 1.807) is 0 Å². The lowest BCUT2D eigenvalue weighted by Gasteiger charge is -2.43. The predicted molar refractivity (Wildman–Crippen MR) is 94.9 cm³/mol. The number of nitrogens with zero attached hydrogens (tertiary/aromatic N) is 3. The van der Waals surface area contributed by atoms with Crippen molar-refractivity contribution in [3.05, 3.63) is 0 Å². The van der Waals surface area contributed by atoms with Gasteiger partial charge in [0.15, 0.2) is 5.96 Å². The molecule has 5 nitrogen and oxygen atoms in total. The number of guanidine groups is 1. The Bertz CT molecular complexity index is 423. The highest BCUT2D eigenvalue weighted by atomic mass is 16.5. The third-order valence-corrected chi connectivity index (χ3v) is 6.44. The monoisotopic (exact) mass is 322 g/mol. The zero-order valence-electron chi connectivity index (χ0n) is 15.2. The van der Waals surface area contributed by atoms with E-state index in [1.165, 1.54) is 44.9 Å². The van der Waals surface area contributed by atoms with Crippen molar-refractivity contribution in [3.63, 3.8) is 0 Å². The van der Waals surface area contributed by atoms with Gasteiger partial charge < -0.3 is 19.9 Å². The highest BCUT2D eigenvalue weighted by Crippen LogP contribution is 2.38. The minimum atomic E-state index is 0.294. The van der Waals surface area contributed by atoms with E-state index < -0.39 is 0 Å². The summed E-state index contributed by atoms with van der Waals surface area (Å²) in [6, 6.07) is 0. The molecule has 1 N–H and O–H groups in total. The van der Waals surface area contributed by atoms with Gasteiger partial charge in [-0.25, -0.2) is 0 Å². The van der Waals surface area contributed by atoms with Crippen LogP contribution in [0.5, 0.6) is 0 Å². The summed E-state index contributed by atoms with van der Waals surface area (Å²) in [6.45, 7) is 5.08. The van der Waals surface area contributed by atoms with E-state index in [-0.39, 0.29) is 0 Å². The summed E-state index contributed by atoms with van der Waals surface area (Å²) < 4.78 is 5.65. The molecular weight excluding hydrogens is 288 g/mol. The lowest BCUT2D eigenvalue weighted by atomic mass is 9.80. The van der Waals surface area contributed by atoms with Crippen LogP contribution >= 0.6 is 0 Å². The molecule has 0 amide bonds. The number of likely N-dealkylation sites (tertiary alicyclic amines) is 1. The second kappa shape index (κ2) is 6.98. The average molecular weight is 322 g/mol. The highest BCUT2D eigenvalue weighted by Gasteiger charge is 2.42. The van der Waals surface area contributed by atoms with Crippen LogP contribution in [0.2, 0.25) is 0 Å². The van der Waals surface area contributed by atoms with E-state index in [2.05, 4.69) is 34.2 Å². The molecule has 1 saturated carbocycles. The third kappa shape index (κ3) is 3.50. The lowest BCUT2D eigenvalue weighted by molar-refractivity contribution is 0.103. The van der Waals surface area contributed by atoms with Gasteiger partial charge in [-0.05, 0) is 39.8 Å². The summed E-state index contributed by atoms with van der Waals surface area (Å²) in [7, 11) is 6.38. The van der Waals surface area contributed by atoms with Crippen LogP contribution in [0.15, 0.2) is 4.99 Å². The second-order valence-electron chi connectivity index (χ2n) is 8.05. The van der Waals surface area contributed by atoms with Crippen LogP contribution in [0, 0.1) is 5.41 Å². The molecule has 1 unspecified atom stereocenters. The zero-order chi connectivity index (χ0) is 16.3. The van der Waals surface area contributed by atoms with Crippen LogP contribution in [-0.4, -0.2) is 75.3 Å². The van der Waals surface area contributed by atoms with Crippen molar-refractivity contribution < 1.29 is 4.74 Å². The van der Waals surface area contributed by atoms with Gasteiger partial charge >= 0.3 is 0 Å². The fourth-order valence-corrected chi connectivity index (χ4v) is 4.66. The minimum Gasteiger partial charge on any atom is -0.381 e. The summed E-state index contributed by atoms with van der Waals surface area (Å²) >= 11 is 0. The van der Waals surface area contributed by atoms with Gasteiger partial charge in [0.05, 0.1) is 6.61 Å². The van der Waals surface area contributed by atoms with Gasteiger partial charge in [0.1, 0.15) is 0 Å². The topological polar surface area (TPSA) is 40.1 Å². The quantitative estimate of drug-likeness (QED) is 0.637. The maximum Gasteiger partial charge on any atom is 0.193 e. The van der Waals surface area contributed by atoms with E-state index in [1.807, 2.05) is 7.05 Å². The first kappa shape index (κ1) is 17.0. The molecule has 2 aliphatic heterocycles. The van der Waals surface area contributed by atoms with Crippen LogP contribution in [0.3, 0.4) is 0 Å². The fraction of sp³-hybridized carbons (Fsp3) is 0.944. The molecule has 3 fully saturated rings. The highest BCUT2D eigenvalue weighted by molar-refractivity contribution is 5.80. The van der Waals surface area contributed by atoms with Gasteiger partial charge in [-0.2, -0.15) is 0 Å². The van der Waals surface area contributed by atoms with Gasteiger partial charge in [0.2, 0.25) is 0 Å². The predicted octanol–water partition coefficient (Wildman–Crippen LogP) is 1.94. The smallest absolute Gasteiger partial charge is 0.193 e. The van der Waals surface area contributed by atoms with E-state index in [0.717, 1.165) is 38.8 Å². The minimum absolute atomic E-state index is 0.294. The number of likely N-dealkylation sites (N-methyl/N-ethyl adjacent to an activating group) is 1. The molecule has 1 aliphatic carbocycles. The molecular formula is C18H34N4O. The summed E-state index contributed by atoms with van der Waals surface area (Å²) in [5.41, 5.74) is 0.684. The Morgan fingerprint density at radius 3 is 2.57 bits per heavy atom. The molecule has 2 saturated heterocycles. The third-order valence-electron chi connectivity index (χ3n) is 6.44. The molecule has 5 heteroatoms. The molecule has 1 atom stereocenters. The van der Waals surface area contributed by atoms with E-state index >= 15 is 0 Å². The Hall–Kier alpha value is -0.810. The van der Waals surface area contributed by atoms with Gasteiger partial charge in [0.25, 0.3) is 0 Å². The van der Waals surface area contributed by atoms with Crippen molar-refractivity contribution in [1.82, 2.24) is 15.1 Å². The summed E-state index contributed by atoms with van der Waals surface area (Å²) in [4.78, 5) is 9.45. The van der Waals surface area contributed by atoms with Crippen LogP contribution < -0.4 is 5.32 Å². The Kier molecular flexibility index (Phi) is 5.16. The van der Waals surface area contributed by atoms with Gasteiger partial charge in [-0.15, -0.1) is 0 Å². The number of ether oxygens (including phenoxy) is 1. The number of hydrogen-bond acceptors (Lipinski definition) is 3. The van der Waals surface area contributed by atoms with Crippen molar-refractivity contribution in [2.45, 2.75) is 50.5 Å². The second-order valence-corrected chi connectivity index (χ2v) is 8.05. The molecule has 1 spiro atoms. The van der Waals surface area contributed by atoms with Crippen molar-refractivity contribution in [2.24, 2.45) is 10.4 Å². The number of aliphatic imine (C=N–C) groups is 1. The number of nitrogens with one attached hydrogen (secondary N) is 1. The van der Waals surface area contributed by atoms with Crippen molar-refractivity contribution in [3.8, 4) is 0 Å². The van der Waals surface area contributed by atoms with Crippen LogP contribution in [0.4, 0.5) is 0 Å². The Labute approximate surface area is 141 Å². The maximum absolute atomic E-state index is 5.65. The van der Waals surface area contributed by atoms with Gasteiger partial charge in [-0.3, -0.25) is 4.99 Å². The standard InChI is InChI=1S/C18H34N4O/c1-19-16(22-11-9-17(14-22)10-12-23-15-17)20-13-18(21(2)3)7-5-4-6-8-18/h4-15H2,1-3H3,(H,19,20). The molecule has 0 aromatic heterocycles. The van der Waals surface area contributed by atoms with Crippen molar-refractivity contribution in [2.75, 3.05) is 54.0 Å². The van der Waals surface area contributed by atoms with E-state index in [9.17, 15) is 0 Å². The van der Waals surface area contributed by atoms with Crippen molar-refractivity contribution >= 4 is 5.96 Å². The van der Waals surface area contributed by atoms with Gasteiger partial charge in [0, 0.05) is 44.2 Å². The van der Waals surface area contributed by atoms with Crippen LogP contribution in [0.1, 0.15) is 44.9 Å². The zero-order valence-corrected chi connectivity index (χ0v) is 15.2. The fourth-order valence-electron chi connectivity index (χ4n) is 4.66. The number of rotatable bonds is 3.